The maximum absolute atomic E-state index is 12.4. The number of hydrogen-bond donors (Lipinski definition) is 0. The van der Waals surface area contributed by atoms with Gasteiger partial charge in [-0.15, -0.1) is 11.3 Å². The van der Waals surface area contributed by atoms with E-state index >= 15 is 0 Å². The minimum absolute atomic E-state index is 0.197. The highest BCUT2D eigenvalue weighted by molar-refractivity contribution is 7.09. The lowest BCUT2D eigenvalue weighted by molar-refractivity contribution is -0.148. The molecule has 1 aliphatic rings. The van der Waals surface area contributed by atoms with Gasteiger partial charge in [-0.3, -0.25) is 9.69 Å². The number of thiazole rings is 1. The lowest BCUT2D eigenvalue weighted by Crippen LogP contribution is -2.45. The van der Waals surface area contributed by atoms with Crippen molar-refractivity contribution in [2.45, 2.75) is 39.1 Å². The summed E-state index contributed by atoms with van der Waals surface area (Å²) in [5, 5.41) is 2.97. The van der Waals surface area contributed by atoms with Gasteiger partial charge in [0.05, 0.1) is 12.8 Å². The Morgan fingerprint density at radius 2 is 1.93 bits per heavy atom. The summed E-state index contributed by atoms with van der Waals surface area (Å²) in [7, 11) is 1.45. The van der Waals surface area contributed by atoms with Crippen molar-refractivity contribution in [1.82, 2.24) is 9.88 Å². The third-order valence-electron chi connectivity index (χ3n) is 5.17. The number of nitrogens with zero attached hydrogens (tertiary/aromatic N) is 2. The van der Waals surface area contributed by atoms with Gasteiger partial charge in [-0.1, -0.05) is 42.0 Å². The van der Waals surface area contributed by atoms with Crippen molar-refractivity contribution in [2.24, 2.45) is 0 Å². The number of methoxy groups -OCH3 is 1. The van der Waals surface area contributed by atoms with Gasteiger partial charge in [0, 0.05) is 18.5 Å². The van der Waals surface area contributed by atoms with E-state index in [2.05, 4.69) is 24.0 Å². The number of rotatable bonds is 6. The Morgan fingerprint density at radius 1 is 1.17 bits per heavy atom. The van der Waals surface area contributed by atoms with Gasteiger partial charge < -0.3 is 9.47 Å². The molecule has 0 aliphatic carbocycles. The number of ether oxygens (including phenoxy) is 2. The van der Waals surface area contributed by atoms with Crippen LogP contribution in [-0.4, -0.2) is 29.0 Å². The smallest absolute Gasteiger partial charge is 0.323 e. The summed E-state index contributed by atoms with van der Waals surface area (Å²) in [6.45, 7) is 3.81. The second-order valence-corrected chi connectivity index (χ2v) is 8.19. The second-order valence-electron chi connectivity index (χ2n) is 7.25. The number of aryl methyl sites for hydroxylation is 1. The summed E-state index contributed by atoms with van der Waals surface area (Å²) in [6, 6.07) is 16.0. The molecule has 1 aromatic heterocycles. The molecule has 2 aromatic carbocycles. The molecule has 1 unspecified atom stereocenters. The number of hydrogen-bond acceptors (Lipinski definition) is 6. The molecule has 2 heterocycles. The first kappa shape index (κ1) is 19.6. The number of esters is 1. The third-order valence-corrected chi connectivity index (χ3v) is 6.04. The largest absolute Gasteiger partial charge is 0.486 e. The molecule has 0 fully saturated rings. The fraction of sp³-hybridized carbons (Fsp3) is 0.304. The third kappa shape index (κ3) is 4.66. The van der Waals surface area contributed by atoms with E-state index in [9.17, 15) is 4.79 Å². The van der Waals surface area contributed by atoms with Crippen molar-refractivity contribution in [1.29, 1.82) is 0 Å². The van der Waals surface area contributed by atoms with Gasteiger partial charge >= 0.3 is 5.97 Å². The van der Waals surface area contributed by atoms with Gasteiger partial charge in [0.2, 0.25) is 0 Å². The van der Waals surface area contributed by atoms with Crippen LogP contribution in [0.2, 0.25) is 0 Å². The summed E-state index contributed by atoms with van der Waals surface area (Å²) in [4.78, 5) is 19.2. The zero-order valence-electron chi connectivity index (χ0n) is 16.6. The van der Waals surface area contributed by atoms with E-state index in [1.54, 1.807) is 11.3 Å². The minimum Gasteiger partial charge on any atom is -0.486 e. The van der Waals surface area contributed by atoms with Crippen LogP contribution in [0.15, 0.2) is 53.9 Å². The van der Waals surface area contributed by atoms with E-state index in [4.69, 9.17) is 14.5 Å². The molecule has 5 nitrogen and oxygen atoms in total. The van der Waals surface area contributed by atoms with Crippen LogP contribution in [0.25, 0.3) is 0 Å². The normalized spacial score (nSPS) is 16.3. The summed E-state index contributed by atoms with van der Waals surface area (Å²) in [6.07, 6.45) is 0.663. The van der Waals surface area contributed by atoms with E-state index in [1.807, 2.05) is 41.8 Å². The number of benzene rings is 2. The highest BCUT2D eigenvalue weighted by atomic mass is 32.1. The lowest BCUT2D eigenvalue weighted by Gasteiger charge is -2.34. The van der Waals surface area contributed by atoms with Crippen LogP contribution in [0.4, 0.5) is 0 Å². The molecule has 0 bridgehead atoms. The van der Waals surface area contributed by atoms with Gasteiger partial charge in [-0.05, 0) is 36.6 Å². The van der Waals surface area contributed by atoms with Crippen molar-refractivity contribution in [3.63, 3.8) is 0 Å². The highest BCUT2D eigenvalue weighted by Gasteiger charge is 2.32. The van der Waals surface area contributed by atoms with Gasteiger partial charge in [0.25, 0.3) is 0 Å². The zero-order valence-corrected chi connectivity index (χ0v) is 17.4. The van der Waals surface area contributed by atoms with Crippen molar-refractivity contribution in [3.8, 4) is 5.75 Å². The van der Waals surface area contributed by atoms with Crippen molar-refractivity contribution in [3.05, 3.63) is 81.3 Å². The molecule has 4 rings (SSSR count). The Bertz CT molecular complexity index is 984. The fourth-order valence-electron chi connectivity index (χ4n) is 3.59. The molecule has 1 aliphatic heterocycles. The quantitative estimate of drug-likeness (QED) is 0.574. The molecule has 29 heavy (non-hydrogen) atoms. The Kier molecular flexibility index (Phi) is 5.92. The Morgan fingerprint density at radius 3 is 2.69 bits per heavy atom. The molecular weight excluding hydrogens is 384 g/mol. The van der Waals surface area contributed by atoms with Gasteiger partial charge in [-0.25, -0.2) is 4.98 Å². The molecule has 0 saturated heterocycles. The Labute approximate surface area is 174 Å². The van der Waals surface area contributed by atoms with Gasteiger partial charge in [0.15, 0.2) is 0 Å². The number of carbonyl (C=O) groups is 1. The molecule has 6 heteroatoms. The van der Waals surface area contributed by atoms with E-state index in [0.29, 0.717) is 26.1 Å². The molecule has 0 N–H and O–H groups in total. The van der Waals surface area contributed by atoms with Crippen LogP contribution < -0.4 is 4.74 Å². The van der Waals surface area contributed by atoms with Crippen LogP contribution >= 0.6 is 11.3 Å². The first-order chi connectivity index (χ1) is 14.1. The van der Waals surface area contributed by atoms with Gasteiger partial charge in [-0.2, -0.15) is 0 Å². The molecule has 1 atom stereocenters. The van der Waals surface area contributed by atoms with E-state index in [1.165, 1.54) is 23.8 Å². The molecule has 0 saturated carbocycles. The average molecular weight is 409 g/mol. The van der Waals surface area contributed by atoms with Crippen molar-refractivity contribution in [2.75, 3.05) is 7.11 Å². The van der Waals surface area contributed by atoms with E-state index in [0.717, 1.165) is 16.5 Å². The molecule has 0 radical (unpaired) electrons. The average Bonchev–Trinajstić information content (AvgIpc) is 3.19. The minimum atomic E-state index is -0.288. The van der Waals surface area contributed by atoms with Crippen LogP contribution in [0.5, 0.6) is 5.75 Å². The van der Waals surface area contributed by atoms with Crippen LogP contribution in [0, 0.1) is 6.92 Å². The zero-order chi connectivity index (χ0) is 20.2. The summed E-state index contributed by atoms with van der Waals surface area (Å²) in [5.74, 6) is 0.642. The van der Waals surface area contributed by atoms with Crippen LogP contribution in [0.3, 0.4) is 0 Å². The maximum Gasteiger partial charge on any atom is 0.323 e. The first-order valence-electron chi connectivity index (χ1n) is 9.64. The Balaban J connectivity index is 1.43. The number of aromatic nitrogens is 1. The fourth-order valence-corrected chi connectivity index (χ4v) is 4.28. The standard InChI is InChI=1S/C23H24N2O3S/c1-16-7-9-20(10-8-16)28-14-22-24-19(15-29-22)13-25-12-18-6-4-3-5-17(18)11-21(25)23(26)27-2/h3-10,15,21H,11-14H2,1-2H3. The predicted molar refractivity (Wildman–Crippen MR) is 113 cm³/mol. The summed E-state index contributed by atoms with van der Waals surface area (Å²) in [5.41, 5.74) is 4.62. The topological polar surface area (TPSA) is 51.7 Å². The molecule has 150 valence electrons. The maximum atomic E-state index is 12.4. The van der Waals surface area contributed by atoms with Crippen molar-refractivity contribution < 1.29 is 14.3 Å². The molecule has 3 aromatic rings. The van der Waals surface area contributed by atoms with Gasteiger partial charge in [0.1, 0.15) is 23.4 Å². The SMILES string of the molecule is COC(=O)C1Cc2ccccc2CN1Cc1csc(COc2ccc(C)cc2)n1. The first-order valence-corrected chi connectivity index (χ1v) is 10.5. The number of carbonyl (C=O) groups excluding carboxylic acids is 1. The van der Waals surface area contributed by atoms with E-state index < -0.39 is 0 Å². The van der Waals surface area contributed by atoms with Crippen LogP contribution in [-0.2, 0) is 35.6 Å². The monoisotopic (exact) mass is 408 g/mol. The predicted octanol–water partition coefficient (Wildman–Crippen LogP) is 4.13. The Hall–Kier alpha value is -2.70. The summed E-state index contributed by atoms with van der Waals surface area (Å²) >= 11 is 1.58. The second kappa shape index (κ2) is 8.76. The van der Waals surface area contributed by atoms with Crippen molar-refractivity contribution >= 4 is 17.3 Å². The molecule has 0 spiro atoms. The molecular formula is C23H24N2O3S. The molecule has 0 amide bonds. The lowest BCUT2D eigenvalue weighted by atomic mass is 9.94. The van der Waals surface area contributed by atoms with E-state index in [-0.39, 0.29) is 12.0 Å². The highest BCUT2D eigenvalue weighted by Crippen LogP contribution is 2.26. The summed E-state index contributed by atoms with van der Waals surface area (Å²) < 4.78 is 10.9. The number of fused-ring (bicyclic) bond motifs is 1. The van der Waals surface area contributed by atoms with Crippen LogP contribution in [0.1, 0.15) is 27.4 Å².